The quantitative estimate of drug-likeness (QED) is 0.904. The van der Waals surface area contributed by atoms with Gasteiger partial charge in [0, 0.05) is 46.1 Å². The second kappa shape index (κ2) is 6.27. The van der Waals surface area contributed by atoms with Crippen molar-refractivity contribution >= 4 is 5.69 Å². The molecule has 0 aliphatic rings. The van der Waals surface area contributed by atoms with Gasteiger partial charge in [-0.3, -0.25) is 0 Å². The number of hydrogen-bond donors (Lipinski definition) is 1. The van der Waals surface area contributed by atoms with Gasteiger partial charge >= 0.3 is 0 Å². The zero-order valence-corrected chi connectivity index (χ0v) is 12.2. The first kappa shape index (κ1) is 14.2. The maximum absolute atomic E-state index is 8.91. The highest BCUT2D eigenvalue weighted by Crippen LogP contribution is 2.12. The molecule has 2 aromatic rings. The Kier molecular flexibility index (Phi) is 4.44. The first-order valence-electron chi connectivity index (χ1n) is 6.62. The smallest absolute Gasteiger partial charge is 0.120 e. The lowest BCUT2D eigenvalue weighted by molar-refractivity contribution is 0.692. The maximum atomic E-state index is 8.91. The summed E-state index contributed by atoms with van der Waals surface area (Å²) >= 11 is 0. The van der Waals surface area contributed by atoms with E-state index in [4.69, 9.17) is 5.26 Å². The second-order valence-electron chi connectivity index (χ2n) is 5.12. The van der Waals surface area contributed by atoms with Crippen molar-refractivity contribution in [2.24, 2.45) is 7.05 Å². The number of hydrogen-bond acceptors (Lipinski definition) is 3. The van der Waals surface area contributed by atoms with Gasteiger partial charge in [-0.1, -0.05) is 12.1 Å². The Balaban J connectivity index is 1.87. The Hall–Kier alpha value is -2.25. The van der Waals surface area contributed by atoms with Crippen LogP contribution in [0.3, 0.4) is 0 Å². The van der Waals surface area contributed by atoms with Crippen molar-refractivity contribution in [2.45, 2.75) is 13.1 Å². The fraction of sp³-hybridized carbons (Fsp3) is 0.312. The molecule has 0 spiro atoms. The van der Waals surface area contributed by atoms with Gasteiger partial charge in [0.25, 0.3) is 0 Å². The summed E-state index contributed by atoms with van der Waals surface area (Å²) < 4.78 is 1.85. The van der Waals surface area contributed by atoms with Crippen LogP contribution in [0.4, 0.5) is 5.69 Å². The number of aromatic nitrogens is 1. The molecule has 104 valence electrons. The number of rotatable bonds is 5. The Bertz CT molecular complexity index is 602. The summed E-state index contributed by atoms with van der Waals surface area (Å²) in [6, 6.07) is 12.6. The number of nitrogens with zero attached hydrogens (tertiary/aromatic N) is 3. The number of nitrogens with one attached hydrogen (secondary N) is 1. The van der Waals surface area contributed by atoms with Crippen molar-refractivity contribution in [2.75, 3.05) is 19.0 Å². The molecular formula is C16H20N4. The van der Waals surface area contributed by atoms with Gasteiger partial charge in [-0.25, -0.2) is 0 Å². The lowest BCUT2D eigenvalue weighted by Gasteiger charge is -2.12. The highest BCUT2D eigenvalue weighted by atomic mass is 15.1. The number of benzene rings is 1. The minimum Gasteiger partial charge on any atom is -0.378 e. The molecule has 1 aromatic carbocycles. The van der Waals surface area contributed by atoms with Crippen LogP contribution in [0.25, 0.3) is 0 Å². The van der Waals surface area contributed by atoms with E-state index in [9.17, 15) is 0 Å². The number of anilines is 1. The van der Waals surface area contributed by atoms with Crippen LogP contribution < -0.4 is 10.2 Å². The summed E-state index contributed by atoms with van der Waals surface area (Å²) in [5.41, 5.74) is 4.29. The van der Waals surface area contributed by atoms with Crippen LogP contribution in [-0.4, -0.2) is 18.7 Å². The molecule has 0 aliphatic carbocycles. The van der Waals surface area contributed by atoms with Gasteiger partial charge < -0.3 is 14.8 Å². The molecule has 4 heteroatoms. The molecule has 0 amide bonds. The fourth-order valence-electron chi connectivity index (χ4n) is 2.10. The molecule has 0 aliphatic heterocycles. The van der Waals surface area contributed by atoms with E-state index in [0.717, 1.165) is 18.7 Å². The van der Waals surface area contributed by atoms with Crippen molar-refractivity contribution in [1.29, 1.82) is 5.26 Å². The predicted molar refractivity (Wildman–Crippen MR) is 81.4 cm³/mol. The third-order valence-electron chi connectivity index (χ3n) is 3.29. The zero-order chi connectivity index (χ0) is 14.5. The molecule has 0 unspecified atom stereocenters. The van der Waals surface area contributed by atoms with Crippen LogP contribution in [0.2, 0.25) is 0 Å². The van der Waals surface area contributed by atoms with Crippen LogP contribution in [0.1, 0.15) is 16.8 Å². The fourth-order valence-corrected chi connectivity index (χ4v) is 2.10. The van der Waals surface area contributed by atoms with E-state index in [-0.39, 0.29) is 0 Å². The molecule has 20 heavy (non-hydrogen) atoms. The molecule has 0 radical (unpaired) electrons. The van der Waals surface area contributed by atoms with Gasteiger partial charge in [0.15, 0.2) is 0 Å². The summed E-state index contributed by atoms with van der Waals surface area (Å²) in [7, 11) is 5.97. The second-order valence-corrected chi connectivity index (χ2v) is 5.12. The summed E-state index contributed by atoms with van der Waals surface area (Å²) in [5, 5.41) is 12.3. The molecule has 0 bridgehead atoms. The molecular weight excluding hydrogens is 248 g/mol. The van der Waals surface area contributed by atoms with Gasteiger partial charge in [0.05, 0.1) is 0 Å². The van der Waals surface area contributed by atoms with Gasteiger partial charge in [0.2, 0.25) is 0 Å². The average Bonchev–Trinajstić information content (AvgIpc) is 2.79. The first-order chi connectivity index (χ1) is 9.60. The van der Waals surface area contributed by atoms with Crippen LogP contribution >= 0.6 is 0 Å². The summed E-state index contributed by atoms with van der Waals surface area (Å²) in [4.78, 5) is 2.09. The van der Waals surface area contributed by atoms with Crippen molar-refractivity contribution in [3.63, 3.8) is 0 Å². The van der Waals surface area contributed by atoms with Crippen LogP contribution in [0.5, 0.6) is 0 Å². The van der Waals surface area contributed by atoms with E-state index in [1.807, 2.05) is 38.0 Å². The van der Waals surface area contributed by atoms with Gasteiger partial charge in [0.1, 0.15) is 11.8 Å². The summed E-state index contributed by atoms with van der Waals surface area (Å²) in [5.74, 6) is 0. The lowest BCUT2D eigenvalue weighted by atomic mass is 10.2. The monoisotopic (exact) mass is 268 g/mol. The van der Waals surface area contributed by atoms with Crippen LogP contribution in [0, 0.1) is 11.3 Å². The first-order valence-corrected chi connectivity index (χ1v) is 6.62. The van der Waals surface area contributed by atoms with E-state index in [2.05, 4.69) is 40.6 Å². The standard InChI is InChI=1S/C16H20N4/c1-19(2)15-6-4-13(5-7-15)10-18-11-14-8-16(9-17)20(3)12-14/h4-8,12,18H,10-11H2,1-3H3. The Labute approximate surface area is 120 Å². The van der Waals surface area contributed by atoms with Crippen LogP contribution in [-0.2, 0) is 20.1 Å². The molecule has 0 fully saturated rings. The van der Waals surface area contributed by atoms with E-state index >= 15 is 0 Å². The van der Waals surface area contributed by atoms with Gasteiger partial charge in [-0.05, 0) is 29.3 Å². The molecule has 0 atom stereocenters. The topological polar surface area (TPSA) is 44.0 Å². The van der Waals surface area contributed by atoms with Crippen molar-refractivity contribution in [3.8, 4) is 6.07 Å². The molecule has 4 nitrogen and oxygen atoms in total. The lowest BCUT2D eigenvalue weighted by Crippen LogP contribution is -2.13. The number of nitriles is 1. The number of aryl methyl sites for hydroxylation is 1. The van der Waals surface area contributed by atoms with Crippen LogP contribution in [0.15, 0.2) is 36.5 Å². The predicted octanol–water partition coefficient (Wildman–Crippen LogP) is 2.25. The van der Waals surface area contributed by atoms with E-state index in [0.29, 0.717) is 5.69 Å². The minimum atomic E-state index is 0.692. The molecule has 2 rings (SSSR count). The third-order valence-corrected chi connectivity index (χ3v) is 3.29. The van der Waals surface area contributed by atoms with Crippen molar-refractivity contribution < 1.29 is 0 Å². The molecule has 0 saturated heterocycles. The normalized spacial score (nSPS) is 10.3. The Morgan fingerprint density at radius 3 is 2.35 bits per heavy atom. The van der Waals surface area contributed by atoms with E-state index in [1.165, 1.54) is 11.3 Å². The Morgan fingerprint density at radius 1 is 1.15 bits per heavy atom. The highest BCUT2D eigenvalue weighted by Gasteiger charge is 2.02. The summed E-state index contributed by atoms with van der Waals surface area (Å²) in [6.45, 7) is 1.59. The van der Waals surface area contributed by atoms with E-state index < -0.39 is 0 Å². The molecule has 0 saturated carbocycles. The molecule has 1 aromatic heterocycles. The molecule has 1 N–H and O–H groups in total. The summed E-state index contributed by atoms with van der Waals surface area (Å²) in [6.07, 6.45) is 1.99. The van der Waals surface area contributed by atoms with Gasteiger partial charge in [-0.15, -0.1) is 0 Å². The largest absolute Gasteiger partial charge is 0.378 e. The zero-order valence-electron chi connectivity index (χ0n) is 12.2. The van der Waals surface area contributed by atoms with Gasteiger partial charge in [-0.2, -0.15) is 5.26 Å². The minimum absolute atomic E-state index is 0.692. The van der Waals surface area contributed by atoms with Crippen molar-refractivity contribution in [1.82, 2.24) is 9.88 Å². The maximum Gasteiger partial charge on any atom is 0.120 e. The Morgan fingerprint density at radius 2 is 1.80 bits per heavy atom. The SMILES string of the molecule is CN(C)c1ccc(CNCc2cc(C#N)n(C)c2)cc1. The molecule has 1 heterocycles. The average molecular weight is 268 g/mol. The van der Waals surface area contributed by atoms with Crippen molar-refractivity contribution in [3.05, 3.63) is 53.3 Å². The van der Waals surface area contributed by atoms with E-state index in [1.54, 1.807) is 0 Å². The highest BCUT2D eigenvalue weighted by molar-refractivity contribution is 5.45. The third kappa shape index (κ3) is 3.40.